The summed E-state index contributed by atoms with van der Waals surface area (Å²) in [5.41, 5.74) is 0.812. The monoisotopic (exact) mass is 359 g/mol. The first kappa shape index (κ1) is 15.9. The lowest BCUT2D eigenvalue weighted by atomic mass is 10.2. The van der Waals surface area contributed by atoms with Gasteiger partial charge in [-0.15, -0.1) is 4.91 Å². The minimum Gasteiger partial charge on any atom is -0.438 e. The van der Waals surface area contributed by atoms with Gasteiger partial charge in [0, 0.05) is 12.7 Å². The van der Waals surface area contributed by atoms with E-state index < -0.39 is 0 Å². The zero-order chi connectivity index (χ0) is 17.2. The molecule has 2 aromatic heterocycles. The van der Waals surface area contributed by atoms with Gasteiger partial charge < -0.3 is 9.47 Å². The van der Waals surface area contributed by atoms with Crippen molar-refractivity contribution in [1.82, 2.24) is 19.7 Å². The van der Waals surface area contributed by atoms with Crippen LogP contribution < -0.4 is 4.74 Å². The van der Waals surface area contributed by atoms with E-state index in [0.717, 1.165) is 19.3 Å². The fourth-order valence-electron chi connectivity index (χ4n) is 2.80. The summed E-state index contributed by atoms with van der Waals surface area (Å²) in [6, 6.07) is 6.47. The smallest absolute Gasteiger partial charge is 0.234 e. The standard InChI is InChI=1S/C16H14ClN5O3/c17-16-19-14-12(9-18-22(14)13-6-1-2-7-24-13)15(20-16)25-11-5-3-4-10(8-11)21-23/h3-5,8-9,13H,1-2,6-7H2. The van der Waals surface area contributed by atoms with Crippen LogP contribution in [0.2, 0.25) is 5.28 Å². The second kappa shape index (κ2) is 6.73. The Balaban J connectivity index is 1.73. The molecule has 1 saturated heterocycles. The van der Waals surface area contributed by atoms with Gasteiger partial charge in [0.15, 0.2) is 11.9 Å². The summed E-state index contributed by atoms with van der Waals surface area (Å²) in [4.78, 5) is 19.1. The molecule has 1 aromatic carbocycles. The normalized spacial score (nSPS) is 17.6. The van der Waals surface area contributed by atoms with Crippen molar-refractivity contribution in [3.05, 3.63) is 40.7 Å². The molecule has 0 aliphatic carbocycles. The van der Waals surface area contributed by atoms with Crippen molar-refractivity contribution in [2.45, 2.75) is 25.5 Å². The molecule has 1 aliphatic heterocycles. The Kier molecular flexibility index (Phi) is 4.29. The molecule has 1 atom stereocenters. The maximum atomic E-state index is 10.7. The number of ether oxygens (including phenoxy) is 2. The molecule has 25 heavy (non-hydrogen) atoms. The van der Waals surface area contributed by atoms with Crippen molar-refractivity contribution >= 4 is 28.3 Å². The maximum absolute atomic E-state index is 10.7. The van der Waals surface area contributed by atoms with Gasteiger partial charge in [0.05, 0.1) is 6.20 Å². The first-order chi connectivity index (χ1) is 12.2. The lowest BCUT2D eigenvalue weighted by molar-refractivity contribution is -0.0370. The van der Waals surface area contributed by atoms with E-state index in [2.05, 4.69) is 20.2 Å². The number of nitroso groups, excluding NO2 is 1. The van der Waals surface area contributed by atoms with Gasteiger partial charge in [-0.05, 0) is 48.2 Å². The average Bonchev–Trinajstić information content (AvgIpc) is 3.06. The van der Waals surface area contributed by atoms with Gasteiger partial charge in [-0.1, -0.05) is 6.07 Å². The summed E-state index contributed by atoms with van der Waals surface area (Å²) < 4.78 is 13.3. The number of hydrogen-bond acceptors (Lipinski definition) is 7. The van der Waals surface area contributed by atoms with E-state index in [-0.39, 0.29) is 23.1 Å². The summed E-state index contributed by atoms with van der Waals surface area (Å²) in [5, 5.41) is 7.93. The Morgan fingerprint density at radius 3 is 3.04 bits per heavy atom. The third-order valence-electron chi connectivity index (χ3n) is 3.96. The van der Waals surface area contributed by atoms with Crippen LogP contribution in [-0.2, 0) is 4.74 Å². The summed E-state index contributed by atoms with van der Waals surface area (Å²) >= 11 is 6.06. The Bertz CT molecular complexity index is 923. The molecule has 0 bridgehead atoms. The molecule has 128 valence electrons. The summed E-state index contributed by atoms with van der Waals surface area (Å²) in [5.74, 6) is 0.690. The predicted molar refractivity (Wildman–Crippen MR) is 91.1 cm³/mol. The Labute approximate surface area is 147 Å². The van der Waals surface area contributed by atoms with Crippen LogP contribution in [-0.4, -0.2) is 26.4 Å². The van der Waals surface area contributed by atoms with Gasteiger partial charge >= 0.3 is 0 Å². The maximum Gasteiger partial charge on any atom is 0.234 e. The third kappa shape index (κ3) is 3.18. The number of benzene rings is 1. The number of rotatable bonds is 4. The van der Waals surface area contributed by atoms with Crippen LogP contribution in [0.4, 0.5) is 5.69 Å². The van der Waals surface area contributed by atoms with E-state index >= 15 is 0 Å². The van der Waals surface area contributed by atoms with Crippen LogP contribution in [0, 0.1) is 4.91 Å². The van der Waals surface area contributed by atoms with Crippen LogP contribution in [0.25, 0.3) is 11.0 Å². The number of fused-ring (bicyclic) bond motifs is 1. The molecule has 3 aromatic rings. The van der Waals surface area contributed by atoms with Gasteiger partial charge in [0.25, 0.3) is 0 Å². The molecule has 1 aliphatic rings. The van der Waals surface area contributed by atoms with Crippen LogP contribution in [0.3, 0.4) is 0 Å². The van der Waals surface area contributed by atoms with Crippen LogP contribution >= 0.6 is 11.6 Å². The molecular weight excluding hydrogens is 346 g/mol. The summed E-state index contributed by atoms with van der Waals surface area (Å²) in [6.07, 6.45) is 4.43. The molecule has 0 amide bonds. The highest BCUT2D eigenvalue weighted by molar-refractivity contribution is 6.28. The molecule has 0 saturated carbocycles. The van der Waals surface area contributed by atoms with Gasteiger partial charge in [0.1, 0.15) is 16.8 Å². The highest BCUT2D eigenvalue weighted by Gasteiger charge is 2.22. The van der Waals surface area contributed by atoms with Crippen LogP contribution in [0.5, 0.6) is 11.6 Å². The van der Waals surface area contributed by atoms with Gasteiger partial charge in [-0.3, -0.25) is 0 Å². The minimum absolute atomic E-state index is 0.0460. The number of halogens is 1. The largest absolute Gasteiger partial charge is 0.438 e. The number of aromatic nitrogens is 4. The van der Waals surface area contributed by atoms with Crippen molar-refractivity contribution in [1.29, 1.82) is 0 Å². The first-order valence-corrected chi connectivity index (χ1v) is 8.26. The summed E-state index contributed by atoms with van der Waals surface area (Å²) in [7, 11) is 0. The fourth-order valence-corrected chi connectivity index (χ4v) is 2.95. The molecule has 1 fully saturated rings. The lowest BCUT2D eigenvalue weighted by Crippen LogP contribution is -2.19. The highest BCUT2D eigenvalue weighted by Crippen LogP contribution is 2.32. The Morgan fingerprint density at radius 2 is 2.24 bits per heavy atom. The molecule has 0 spiro atoms. The van der Waals surface area contributed by atoms with Crippen LogP contribution in [0.1, 0.15) is 25.5 Å². The average molecular weight is 360 g/mol. The van der Waals surface area contributed by atoms with Crippen molar-refractivity contribution in [2.24, 2.45) is 5.18 Å². The first-order valence-electron chi connectivity index (χ1n) is 7.88. The third-order valence-corrected chi connectivity index (χ3v) is 4.13. The minimum atomic E-state index is -0.173. The predicted octanol–water partition coefficient (Wildman–Crippen LogP) is 4.37. The number of hydrogen-bond donors (Lipinski definition) is 0. The summed E-state index contributed by atoms with van der Waals surface area (Å²) in [6.45, 7) is 0.694. The molecule has 8 nitrogen and oxygen atoms in total. The molecule has 0 radical (unpaired) electrons. The molecule has 1 unspecified atom stereocenters. The lowest BCUT2D eigenvalue weighted by Gasteiger charge is -2.23. The zero-order valence-electron chi connectivity index (χ0n) is 13.1. The molecule has 3 heterocycles. The van der Waals surface area contributed by atoms with Gasteiger partial charge in [0.2, 0.25) is 11.2 Å². The van der Waals surface area contributed by atoms with Crippen molar-refractivity contribution in [2.75, 3.05) is 6.61 Å². The van der Waals surface area contributed by atoms with E-state index in [1.54, 1.807) is 29.1 Å². The van der Waals surface area contributed by atoms with E-state index in [4.69, 9.17) is 21.1 Å². The van der Waals surface area contributed by atoms with Crippen molar-refractivity contribution in [3.63, 3.8) is 0 Å². The van der Waals surface area contributed by atoms with E-state index in [1.165, 1.54) is 6.07 Å². The molecular formula is C16H14ClN5O3. The van der Waals surface area contributed by atoms with E-state index in [0.29, 0.717) is 23.4 Å². The quantitative estimate of drug-likeness (QED) is 0.507. The second-order valence-electron chi connectivity index (χ2n) is 5.64. The SMILES string of the molecule is O=Nc1cccc(Oc2nc(Cl)nc3c2cnn3C2CCCCO2)c1. The van der Waals surface area contributed by atoms with Crippen molar-refractivity contribution in [3.8, 4) is 11.6 Å². The van der Waals surface area contributed by atoms with E-state index in [1.807, 2.05) is 0 Å². The van der Waals surface area contributed by atoms with Crippen molar-refractivity contribution < 1.29 is 9.47 Å². The van der Waals surface area contributed by atoms with Gasteiger partial charge in [-0.2, -0.15) is 15.1 Å². The molecule has 0 N–H and O–H groups in total. The highest BCUT2D eigenvalue weighted by atomic mass is 35.5. The fraction of sp³-hybridized carbons (Fsp3) is 0.312. The Morgan fingerprint density at radius 1 is 1.32 bits per heavy atom. The molecule has 9 heteroatoms. The molecule has 4 rings (SSSR count). The Hall–Kier alpha value is -2.58. The topological polar surface area (TPSA) is 91.5 Å². The van der Waals surface area contributed by atoms with Gasteiger partial charge in [-0.25, -0.2) is 4.68 Å². The second-order valence-corrected chi connectivity index (χ2v) is 5.97. The van der Waals surface area contributed by atoms with E-state index in [9.17, 15) is 4.91 Å². The number of nitrogens with zero attached hydrogens (tertiary/aromatic N) is 5. The van der Waals surface area contributed by atoms with Crippen LogP contribution in [0.15, 0.2) is 35.6 Å². The zero-order valence-corrected chi connectivity index (χ0v) is 13.9.